The van der Waals surface area contributed by atoms with Crippen LogP contribution in [0.3, 0.4) is 0 Å². The molecule has 6 heteroatoms. The van der Waals surface area contributed by atoms with Gasteiger partial charge in [-0.25, -0.2) is 9.89 Å². The normalized spacial score (nSPS) is 11.4. The summed E-state index contributed by atoms with van der Waals surface area (Å²) in [4.78, 5) is 24.0. The van der Waals surface area contributed by atoms with E-state index in [4.69, 9.17) is 0 Å². The number of nitrogens with one attached hydrogen (secondary N) is 3. The SMILES string of the molecule is CC(C)(C)CCNc1n[nH]c(=O)[nH]c1=O. The summed E-state index contributed by atoms with van der Waals surface area (Å²) in [7, 11) is 0. The molecule has 1 aromatic heterocycles. The Morgan fingerprint density at radius 2 is 2.00 bits per heavy atom. The van der Waals surface area contributed by atoms with Crippen molar-refractivity contribution in [2.45, 2.75) is 27.2 Å². The van der Waals surface area contributed by atoms with Gasteiger partial charge in [-0.2, -0.15) is 0 Å². The van der Waals surface area contributed by atoms with E-state index in [0.29, 0.717) is 6.54 Å². The van der Waals surface area contributed by atoms with E-state index in [1.54, 1.807) is 0 Å². The van der Waals surface area contributed by atoms with Gasteiger partial charge in [-0.1, -0.05) is 20.8 Å². The summed E-state index contributed by atoms with van der Waals surface area (Å²) in [5.74, 6) is 0.152. The van der Waals surface area contributed by atoms with E-state index < -0.39 is 11.2 Å². The van der Waals surface area contributed by atoms with Gasteiger partial charge in [0.25, 0.3) is 5.56 Å². The minimum Gasteiger partial charge on any atom is -0.364 e. The fourth-order valence-electron chi connectivity index (χ4n) is 1.02. The van der Waals surface area contributed by atoms with Crippen LogP contribution in [0.25, 0.3) is 0 Å². The van der Waals surface area contributed by atoms with Gasteiger partial charge in [0.1, 0.15) is 0 Å². The summed E-state index contributed by atoms with van der Waals surface area (Å²) in [5.41, 5.74) is -0.892. The molecule has 0 atom stereocenters. The van der Waals surface area contributed by atoms with Crippen LogP contribution in [0.4, 0.5) is 5.82 Å². The van der Waals surface area contributed by atoms with Crippen molar-refractivity contribution >= 4 is 5.82 Å². The van der Waals surface area contributed by atoms with Crippen molar-refractivity contribution in [3.63, 3.8) is 0 Å². The molecular formula is C9H16N4O2. The first-order valence-corrected chi connectivity index (χ1v) is 4.81. The molecule has 3 N–H and O–H groups in total. The molecule has 0 aliphatic carbocycles. The lowest BCUT2D eigenvalue weighted by Crippen LogP contribution is -2.27. The Kier molecular flexibility index (Phi) is 3.28. The predicted octanol–water partition coefficient (Wildman–Crippen LogP) is 0.306. The number of hydrogen-bond donors (Lipinski definition) is 3. The van der Waals surface area contributed by atoms with E-state index >= 15 is 0 Å². The second-order valence-corrected chi connectivity index (χ2v) is 4.59. The zero-order valence-corrected chi connectivity index (χ0v) is 9.18. The summed E-state index contributed by atoms with van der Waals surface area (Å²) < 4.78 is 0. The molecule has 1 aromatic rings. The van der Waals surface area contributed by atoms with Gasteiger partial charge < -0.3 is 5.32 Å². The summed E-state index contributed by atoms with van der Waals surface area (Å²) in [6.07, 6.45) is 0.910. The topological polar surface area (TPSA) is 90.6 Å². The smallest absolute Gasteiger partial charge is 0.342 e. The molecule has 15 heavy (non-hydrogen) atoms. The molecule has 0 aliphatic heterocycles. The average molecular weight is 212 g/mol. The highest BCUT2D eigenvalue weighted by Gasteiger charge is 2.10. The molecule has 0 saturated carbocycles. The Morgan fingerprint density at radius 1 is 1.33 bits per heavy atom. The fraction of sp³-hybridized carbons (Fsp3) is 0.667. The summed E-state index contributed by atoms with van der Waals surface area (Å²) in [6, 6.07) is 0. The van der Waals surface area contributed by atoms with E-state index in [1.165, 1.54) is 0 Å². The molecule has 1 heterocycles. The molecule has 0 aromatic carbocycles. The van der Waals surface area contributed by atoms with E-state index in [2.05, 4.69) is 41.3 Å². The maximum Gasteiger partial charge on any atom is 0.342 e. The number of H-pyrrole nitrogens is 2. The molecule has 1 rings (SSSR count). The second-order valence-electron chi connectivity index (χ2n) is 4.59. The predicted molar refractivity (Wildman–Crippen MR) is 58.0 cm³/mol. The first-order valence-electron chi connectivity index (χ1n) is 4.81. The van der Waals surface area contributed by atoms with Crippen LogP contribution in [-0.2, 0) is 0 Å². The highest BCUT2D eigenvalue weighted by atomic mass is 16.2. The third-order valence-electron chi connectivity index (χ3n) is 1.88. The maximum atomic E-state index is 11.2. The minimum absolute atomic E-state index is 0.152. The number of rotatable bonds is 3. The van der Waals surface area contributed by atoms with Crippen molar-refractivity contribution in [3.8, 4) is 0 Å². The van der Waals surface area contributed by atoms with Gasteiger partial charge in [0.2, 0.25) is 5.82 Å². The number of hydrogen-bond acceptors (Lipinski definition) is 4. The maximum absolute atomic E-state index is 11.2. The van der Waals surface area contributed by atoms with Crippen molar-refractivity contribution in [1.82, 2.24) is 15.2 Å². The molecule has 0 spiro atoms. The molecule has 6 nitrogen and oxygen atoms in total. The molecular weight excluding hydrogens is 196 g/mol. The van der Waals surface area contributed by atoms with Crippen LogP contribution < -0.4 is 16.6 Å². The lowest BCUT2D eigenvalue weighted by Gasteiger charge is -2.17. The van der Waals surface area contributed by atoms with Gasteiger partial charge in [0.05, 0.1) is 0 Å². The van der Waals surface area contributed by atoms with Gasteiger partial charge in [-0.05, 0) is 11.8 Å². The van der Waals surface area contributed by atoms with Crippen molar-refractivity contribution in [2.75, 3.05) is 11.9 Å². The summed E-state index contributed by atoms with van der Waals surface area (Å²) in [6.45, 7) is 6.98. The number of anilines is 1. The van der Waals surface area contributed by atoms with Crippen molar-refractivity contribution in [3.05, 3.63) is 20.8 Å². The monoisotopic (exact) mass is 212 g/mol. The third-order valence-corrected chi connectivity index (χ3v) is 1.88. The third kappa shape index (κ3) is 3.97. The first kappa shape index (κ1) is 11.5. The van der Waals surface area contributed by atoms with Crippen LogP contribution in [0.15, 0.2) is 9.59 Å². The van der Waals surface area contributed by atoms with Crippen molar-refractivity contribution in [2.24, 2.45) is 5.41 Å². The Labute approximate surface area is 87.1 Å². The summed E-state index contributed by atoms with van der Waals surface area (Å²) >= 11 is 0. The standard InChI is InChI=1S/C9H16N4O2/c1-9(2,3)4-5-10-6-7(14)11-8(15)13-12-6/h4-5H2,1-3H3,(H,10,12)(H2,11,13,14,15). The van der Waals surface area contributed by atoms with Crippen molar-refractivity contribution < 1.29 is 0 Å². The van der Waals surface area contributed by atoms with E-state index in [9.17, 15) is 9.59 Å². The number of aromatic amines is 2. The molecule has 0 saturated heterocycles. The van der Waals surface area contributed by atoms with Crippen LogP contribution in [0.2, 0.25) is 0 Å². The fourth-order valence-corrected chi connectivity index (χ4v) is 1.02. The number of aromatic nitrogens is 3. The van der Waals surface area contributed by atoms with Crippen LogP contribution in [0, 0.1) is 5.41 Å². The Morgan fingerprint density at radius 3 is 2.53 bits per heavy atom. The molecule has 0 bridgehead atoms. The molecule has 0 amide bonds. The lowest BCUT2D eigenvalue weighted by molar-refractivity contribution is 0.389. The molecule has 0 unspecified atom stereocenters. The van der Waals surface area contributed by atoms with Gasteiger partial charge >= 0.3 is 5.69 Å². The highest BCUT2D eigenvalue weighted by molar-refractivity contribution is 5.28. The zero-order chi connectivity index (χ0) is 11.5. The molecule has 84 valence electrons. The van der Waals surface area contributed by atoms with Crippen molar-refractivity contribution in [1.29, 1.82) is 0 Å². The van der Waals surface area contributed by atoms with Gasteiger partial charge in [0.15, 0.2) is 0 Å². The molecule has 0 radical (unpaired) electrons. The average Bonchev–Trinajstić information content (AvgIpc) is 2.07. The minimum atomic E-state index is -0.596. The quantitative estimate of drug-likeness (QED) is 0.672. The Balaban J connectivity index is 2.59. The lowest BCUT2D eigenvalue weighted by atomic mass is 9.92. The second kappa shape index (κ2) is 4.29. The van der Waals surface area contributed by atoms with E-state index in [-0.39, 0.29) is 11.2 Å². The van der Waals surface area contributed by atoms with E-state index in [1.807, 2.05) is 0 Å². The van der Waals surface area contributed by atoms with Gasteiger partial charge in [-0.3, -0.25) is 9.78 Å². The van der Waals surface area contributed by atoms with Crippen LogP contribution >= 0.6 is 0 Å². The van der Waals surface area contributed by atoms with Gasteiger partial charge in [-0.15, -0.1) is 5.10 Å². The van der Waals surface area contributed by atoms with Crippen LogP contribution in [0.5, 0.6) is 0 Å². The number of nitrogens with zero attached hydrogens (tertiary/aromatic N) is 1. The zero-order valence-electron chi connectivity index (χ0n) is 9.18. The Bertz CT molecular complexity index is 427. The summed E-state index contributed by atoms with van der Waals surface area (Å²) in [5, 5.41) is 8.64. The molecule has 0 aliphatic rings. The highest BCUT2D eigenvalue weighted by Crippen LogP contribution is 2.17. The van der Waals surface area contributed by atoms with Gasteiger partial charge in [0, 0.05) is 6.54 Å². The first-order chi connectivity index (χ1) is 6.88. The van der Waals surface area contributed by atoms with Crippen LogP contribution in [0.1, 0.15) is 27.2 Å². The molecule has 0 fully saturated rings. The van der Waals surface area contributed by atoms with Crippen LogP contribution in [-0.4, -0.2) is 21.7 Å². The van der Waals surface area contributed by atoms with E-state index in [0.717, 1.165) is 6.42 Å². The largest absolute Gasteiger partial charge is 0.364 e. The Hall–Kier alpha value is -1.59.